The predicted molar refractivity (Wildman–Crippen MR) is 112 cm³/mol. The fourth-order valence-electron chi connectivity index (χ4n) is 3.28. The van der Waals surface area contributed by atoms with Crippen molar-refractivity contribution in [3.05, 3.63) is 42.6 Å². The maximum Gasteiger partial charge on any atom is 0.220 e. The summed E-state index contributed by atoms with van der Waals surface area (Å²) >= 11 is 0. The van der Waals surface area contributed by atoms with Crippen molar-refractivity contribution in [1.29, 1.82) is 0 Å². The minimum Gasteiger partial charge on any atom is -0.368 e. The molecule has 0 spiro atoms. The zero-order valence-electron chi connectivity index (χ0n) is 16.5. The number of anilines is 1. The Hall–Kier alpha value is -3.22. The first-order valence-electron chi connectivity index (χ1n) is 9.70. The van der Waals surface area contributed by atoms with Crippen molar-refractivity contribution >= 4 is 17.0 Å². The molecule has 4 heterocycles. The summed E-state index contributed by atoms with van der Waals surface area (Å²) in [6.45, 7) is 6.38. The molecule has 7 nitrogen and oxygen atoms in total. The van der Waals surface area contributed by atoms with Crippen LogP contribution in [0.1, 0.15) is 45.3 Å². The standard InChI is InChI=1S/C21H25N7/c1-4-5-6-16-8-19(27-21(22)26-16)18-11-24-20-17(18)7-14(9-23-20)15-10-25-28(12-15)13(2)3/h7-13H,4-6H2,1-3H3,(H,23,24)(H2,22,26,27). The minimum atomic E-state index is 0.306. The van der Waals surface area contributed by atoms with Crippen LogP contribution in [0.5, 0.6) is 0 Å². The first-order chi connectivity index (χ1) is 13.5. The lowest BCUT2D eigenvalue weighted by Gasteiger charge is -2.06. The Morgan fingerprint density at radius 1 is 1.14 bits per heavy atom. The second kappa shape index (κ2) is 7.42. The molecule has 0 aromatic carbocycles. The molecule has 0 radical (unpaired) electrons. The third-order valence-corrected chi connectivity index (χ3v) is 4.85. The predicted octanol–water partition coefficient (Wildman–Crippen LogP) is 4.39. The van der Waals surface area contributed by atoms with Gasteiger partial charge in [0.1, 0.15) is 5.65 Å². The third kappa shape index (κ3) is 3.47. The number of hydrogen-bond acceptors (Lipinski definition) is 5. The van der Waals surface area contributed by atoms with Crippen molar-refractivity contribution < 1.29 is 0 Å². The summed E-state index contributed by atoms with van der Waals surface area (Å²) < 4.78 is 1.95. The SMILES string of the molecule is CCCCc1cc(-c2c[nH]c3ncc(-c4cnn(C(C)C)c4)cc23)nc(N)n1. The van der Waals surface area contributed by atoms with E-state index in [9.17, 15) is 0 Å². The molecular weight excluding hydrogens is 350 g/mol. The van der Waals surface area contributed by atoms with Gasteiger partial charge in [-0.1, -0.05) is 13.3 Å². The van der Waals surface area contributed by atoms with Crippen LogP contribution in [0, 0.1) is 0 Å². The molecule has 0 bridgehead atoms. The minimum absolute atomic E-state index is 0.306. The van der Waals surface area contributed by atoms with E-state index in [0.717, 1.165) is 58.4 Å². The third-order valence-electron chi connectivity index (χ3n) is 4.85. The van der Waals surface area contributed by atoms with Gasteiger partial charge in [0, 0.05) is 52.4 Å². The fourth-order valence-corrected chi connectivity index (χ4v) is 3.28. The van der Waals surface area contributed by atoms with E-state index in [4.69, 9.17) is 5.73 Å². The largest absolute Gasteiger partial charge is 0.368 e. The van der Waals surface area contributed by atoms with Crippen LogP contribution in [-0.4, -0.2) is 29.7 Å². The Morgan fingerprint density at radius 3 is 2.75 bits per heavy atom. The van der Waals surface area contributed by atoms with E-state index in [1.165, 1.54) is 0 Å². The Kier molecular flexibility index (Phi) is 4.81. The summed E-state index contributed by atoms with van der Waals surface area (Å²) in [6.07, 6.45) is 10.8. The number of hydrogen-bond donors (Lipinski definition) is 2. The van der Waals surface area contributed by atoms with Crippen LogP contribution in [0.25, 0.3) is 33.4 Å². The van der Waals surface area contributed by atoms with Crippen LogP contribution in [0.4, 0.5) is 5.95 Å². The van der Waals surface area contributed by atoms with Crippen LogP contribution >= 0.6 is 0 Å². The molecule has 0 aliphatic rings. The lowest BCUT2D eigenvalue weighted by molar-refractivity contribution is 0.532. The van der Waals surface area contributed by atoms with Crippen molar-refractivity contribution in [3.8, 4) is 22.4 Å². The molecule has 0 saturated heterocycles. The van der Waals surface area contributed by atoms with Gasteiger partial charge in [0.25, 0.3) is 0 Å². The maximum atomic E-state index is 5.97. The number of aromatic nitrogens is 6. The molecule has 0 aliphatic heterocycles. The van der Waals surface area contributed by atoms with E-state index in [0.29, 0.717) is 12.0 Å². The maximum absolute atomic E-state index is 5.97. The molecule has 4 aromatic heterocycles. The van der Waals surface area contributed by atoms with E-state index >= 15 is 0 Å². The molecule has 0 saturated carbocycles. The molecule has 144 valence electrons. The highest BCUT2D eigenvalue weighted by Crippen LogP contribution is 2.31. The van der Waals surface area contributed by atoms with Gasteiger partial charge in [-0.25, -0.2) is 15.0 Å². The van der Waals surface area contributed by atoms with Crippen LogP contribution < -0.4 is 5.73 Å². The number of unbranched alkanes of at least 4 members (excludes halogenated alkanes) is 1. The van der Waals surface area contributed by atoms with Crippen molar-refractivity contribution in [2.45, 2.75) is 46.1 Å². The number of nitrogens with two attached hydrogens (primary N) is 1. The number of aromatic amines is 1. The normalized spacial score (nSPS) is 11.6. The molecule has 28 heavy (non-hydrogen) atoms. The van der Waals surface area contributed by atoms with Crippen molar-refractivity contribution in [2.24, 2.45) is 0 Å². The Labute approximate surface area is 164 Å². The summed E-state index contributed by atoms with van der Waals surface area (Å²) in [5.41, 5.74) is 11.6. The number of rotatable bonds is 6. The first kappa shape index (κ1) is 18.2. The van der Waals surface area contributed by atoms with Gasteiger partial charge < -0.3 is 10.7 Å². The van der Waals surface area contributed by atoms with Crippen LogP contribution in [0.3, 0.4) is 0 Å². The first-order valence-corrected chi connectivity index (χ1v) is 9.70. The highest BCUT2D eigenvalue weighted by molar-refractivity contribution is 5.95. The Balaban J connectivity index is 1.77. The van der Waals surface area contributed by atoms with E-state index in [2.05, 4.69) is 51.9 Å². The van der Waals surface area contributed by atoms with Gasteiger partial charge in [0.15, 0.2) is 0 Å². The van der Waals surface area contributed by atoms with Gasteiger partial charge in [-0.2, -0.15) is 5.10 Å². The van der Waals surface area contributed by atoms with Crippen molar-refractivity contribution in [3.63, 3.8) is 0 Å². The smallest absolute Gasteiger partial charge is 0.220 e. The summed E-state index contributed by atoms with van der Waals surface area (Å²) in [7, 11) is 0. The van der Waals surface area contributed by atoms with Crippen LogP contribution in [0.15, 0.2) is 36.9 Å². The lowest BCUT2D eigenvalue weighted by Crippen LogP contribution is -2.01. The molecule has 0 unspecified atom stereocenters. The average molecular weight is 375 g/mol. The lowest BCUT2D eigenvalue weighted by atomic mass is 10.1. The Bertz CT molecular complexity index is 1110. The van der Waals surface area contributed by atoms with E-state index in [1.807, 2.05) is 35.5 Å². The molecule has 0 fully saturated rings. The second-order valence-electron chi connectivity index (χ2n) is 7.33. The van der Waals surface area contributed by atoms with E-state index < -0.39 is 0 Å². The zero-order chi connectivity index (χ0) is 19.7. The molecule has 0 atom stereocenters. The van der Waals surface area contributed by atoms with E-state index in [1.54, 1.807) is 0 Å². The zero-order valence-corrected chi connectivity index (χ0v) is 16.5. The molecule has 0 amide bonds. The number of aryl methyl sites for hydroxylation is 1. The molecule has 4 rings (SSSR count). The average Bonchev–Trinajstić information content (AvgIpc) is 3.32. The molecule has 4 aromatic rings. The number of nitrogens with zero attached hydrogens (tertiary/aromatic N) is 5. The molecule has 7 heteroatoms. The topological polar surface area (TPSA) is 98.3 Å². The van der Waals surface area contributed by atoms with Crippen LogP contribution in [0.2, 0.25) is 0 Å². The van der Waals surface area contributed by atoms with Gasteiger partial charge in [0.05, 0.1) is 11.9 Å². The van der Waals surface area contributed by atoms with Crippen molar-refractivity contribution in [1.82, 2.24) is 29.7 Å². The number of nitrogen functional groups attached to an aromatic ring is 1. The quantitative estimate of drug-likeness (QED) is 0.521. The number of fused-ring (bicyclic) bond motifs is 1. The molecule has 0 aliphatic carbocycles. The van der Waals surface area contributed by atoms with Gasteiger partial charge in [-0.05, 0) is 38.8 Å². The number of pyridine rings is 1. The van der Waals surface area contributed by atoms with Gasteiger partial charge >= 0.3 is 0 Å². The highest BCUT2D eigenvalue weighted by atomic mass is 15.3. The highest BCUT2D eigenvalue weighted by Gasteiger charge is 2.13. The summed E-state index contributed by atoms with van der Waals surface area (Å²) in [4.78, 5) is 16.7. The second-order valence-corrected chi connectivity index (χ2v) is 7.33. The Morgan fingerprint density at radius 2 is 2.00 bits per heavy atom. The van der Waals surface area contributed by atoms with Crippen molar-refractivity contribution in [2.75, 3.05) is 5.73 Å². The van der Waals surface area contributed by atoms with Gasteiger partial charge in [0.2, 0.25) is 5.95 Å². The molecular formula is C21H25N7. The fraction of sp³-hybridized carbons (Fsp3) is 0.333. The summed E-state index contributed by atoms with van der Waals surface area (Å²) in [5, 5.41) is 5.44. The van der Waals surface area contributed by atoms with Crippen LogP contribution in [-0.2, 0) is 6.42 Å². The molecule has 3 N–H and O–H groups in total. The van der Waals surface area contributed by atoms with E-state index in [-0.39, 0.29) is 0 Å². The number of H-pyrrole nitrogens is 1. The number of nitrogens with one attached hydrogen (secondary N) is 1. The van der Waals surface area contributed by atoms with Gasteiger partial charge in [-0.3, -0.25) is 4.68 Å². The summed E-state index contributed by atoms with van der Waals surface area (Å²) in [5.74, 6) is 0.306. The summed E-state index contributed by atoms with van der Waals surface area (Å²) in [6, 6.07) is 4.47. The van der Waals surface area contributed by atoms with Gasteiger partial charge in [-0.15, -0.1) is 0 Å². The monoisotopic (exact) mass is 375 g/mol.